The molecular formula is C10H14O4S. The van der Waals surface area contributed by atoms with Gasteiger partial charge < -0.3 is 10.2 Å². The van der Waals surface area contributed by atoms with E-state index in [1.807, 2.05) is 0 Å². The smallest absolute Gasteiger partial charge is 0.179 e. The Hall–Kier alpha value is -1.07. The van der Waals surface area contributed by atoms with Crippen LogP contribution in [-0.4, -0.2) is 31.0 Å². The summed E-state index contributed by atoms with van der Waals surface area (Å²) in [6.45, 7) is 1.57. The largest absolute Gasteiger partial charge is 0.507 e. The quantitative estimate of drug-likeness (QED) is 0.802. The summed E-state index contributed by atoms with van der Waals surface area (Å²) in [5.41, 5.74) is 0.438. The molecule has 5 heteroatoms. The highest BCUT2D eigenvalue weighted by Gasteiger charge is 2.18. The molecule has 1 unspecified atom stereocenters. The van der Waals surface area contributed by atoms with Gasteiger partial charge in [0.15, 0.2) is 9.84 Å². The lowest BCUT2D eigenvalue weighted by Gasteiger charge is -2.10. The van der Waals surface area contributed by atoms with Crippen molar-refractivity contribution in [3.63, 3.8) is 0 Å². The van der Waals surface area contributed by atoms with Gasteiger partial charge in [0.05, 0.1) is 6.10 Å². The van der Waals surface area contributed by atoms with Crippen LogP contribution in [0.25, 0.3) is 0 Å². The van der Waals surface area contributed by atoms with Gasteiger partial charge in [0, 0.05) is 6.26 Å². The van der Waals surface area contributed by atoms with Crippen molar-refractivity contribution in [2.75, 3.05) is 6.26 Å². The highest BCUT2D eigenvalue weighted by molar-refractivity contribution is 7.90. The Morgan fingerprint density at radius 2 is 2.00 bits per heavy atom. The van der Waals surface area contributed by atoms with E-state index in [2.05, 4.69) is 0 Å². The van der Waals surface area contributed by atoms with Crippen LogP contribution in [0.4, 0.5) is 0 Å². The first-order valence-corrected chi connectivity index (χ1v) is 6.40. The lowest BCUT2D eigenvalue weighted by Crippen LogP contribution is -2.09. The lowest BCUT2D eigenvalue weighted by molar-refractivity contribution is 0.194. The van der Waals surface area contributed by atoms with Gasteiger partial charge in [-0.05, 0) is 25.0 Å². The number of hydrogen-bond acceptors (Lipinski definition) is 4. The molecule has 0 spiro atoms. The highest BCUT2D eigenvalue weighted by atomic mass is 32.2. The van der Waals surface area contributed by atoms with Gasteiger partial charge in [-0.15, -0.1) is 0 Å². The Bertz CT molecular complexity index is 448. The molecule has 1 rings (SSSR count). The monoisotopic (exact) mass is 230 g/mol. The number of aromatic hydroxyl groups is 1. The second-order valence-electron chi connectivity index (χ2n) is 3.59. The van der Waals surface area contributed by atoms with Crippen LogP contribution in [0.3, 0.4) is 0 Å². The number of rotatable bonds is 3. The molecule has 0 fully saturated rings. The minimum absolute atomic E-state index is 0.0918. The second kappa shape index (κ2) is 4.20. The van der Waals surface area contributed by atoms with E-state index in [1.54, 1.807) is 19.1 Å². The molecule has 1 aromatic carbocycles. The number of phenolic OH excluding ortho intramolecular Hbond substituents is 1. The van der Waals surface area contributed by atoms with E-state index in [-0.39, 0.29) is 17.1 Å². The summed E-state index contributed by atoms with van der Waals surface area (Å²) < 4.78 is 22.8. The fourth-order valence-corrected chi connectivity index (χ4v) is 2.55. The maximum atomic E-state index is 11.4. The maximum Gasteiger partial charge on any atom is 0.179 e. The molecule has 2 N–H and O–H groups in total. The summed E-state index contributed by atoms with van der Waals surface area (Å²) in [7, 11) is -3.47. The van der Waals surface area contributed by atoms with Crippen molar-refractivity contribution in [1.29, 1.82) is 0 Å². The van der Waals surface area contributed by atoms with Crippen LogP contribution in [0.2, 0.25) is 0 Å². The Kier molecular flexibility index (Phi) is 3.36. The number of sulfone groups is 1. The van der Waals surface area contributed by atoms with E-state index in [4.69, 9.17) is 0 Å². The van der Waals surface area contributed by atoms with Crippen molar-refractivity contribution >= 4 is 9.84 Å². The average molecular weight is 230 g/mol. The van der Waals surface area contributed by atoms with Gasteiger partial charge in [-0.25, -0.2) is 8.42 Å². The van der Waals surface area contributed by atoms with Gasteiger partial charge in [-0.3, -0.25) is 0 Å². The van der Waals surface area contributed by atoms with Crippen LogP contribution in [0.5, 0.6) is 5.75 Å². The molecule has 0 heterocycles. The molecule has 1 aromatic rings. The second-order valence-corrected chi connectivity index (χ2v) is 5.54. The number of aliphatic hydroxyl groups is 1. The Labute approximate surface area is 89.1 Å². The SMILES string of the molecule is CC(O)Cc1cccc(O)c1S(C)(=O)=O. The van der Waals surface area contributed by atoms with E-state index >= 15 is 0 Å². The maximum absolute atomic E-state index is 11.4. The predicted molar refractivity (Wildman–Crippen MR) is 56.6 cm³/mol. The van der Waals surface area contributed by atoms with E-state index in [9.17, 15) is 18.6 Å². The van der Waals surface area contributed by atoms with Gasteiger partial charge in [0.25, 0.3) is 0 Å². The van der Waals surface area contributed by atoms with E-state index in [0.29, 0.717) is 5.56 Å². The Morgan fingerprint density at radius 3 is 2.47 bits per heavy atom. The van der Waals surface area contributed by atoms with Crippen LogP contribution >= 0.6 is 0 Å². The fraction of sp³-hybridized carbons (Fsp3) is 0.400. The van der Waals surface area contributed by atoms with Crippen molar-refractivity contribution in [3.8, 4) is 5.75 Å². The van der Waals surface area contributed by atoms with Crippen molar-refractivity contribution in [2.45, 2.75) is 24.3 Å². The highest BCUT2D eigenvalue weighted by Crippen LogP contribution is 2.27. The lowest BCUT2D eigenvalue weighted by atomic mass is 10.1. The van der Waals surface area contributed by atoms with Crippen LogP contribution in [0.1, 0.15) is 12.5 Å². The molecule has 0 saturated carbocycles. The third-order valence-corrected chi connectivity index (χ3v) is 3.17. The van der Waals surface area contributed by atoms with Crippen molar-refractivity contribution in [1.82, 2.24) is 0 Å². The molecule has 4 nitrogen and oxygen atoms in total. The van der Waals surface area contributed by atoms with Gasteiger partial charge >= 0.3 is 0 Å². The summed E-state index contributed by atoms with van der Waals surface area (Å²) in [5, 5.41) is 18.7. The van der Waals surface area contributed by atoms with Gasteiger partial charge in [0.1, 0.15) is 10.6 Å². The van der Waals surface area contributed by atoms with Crippen LogP contribution in [0.15, 0.2) is 23.1 Å². The molecule has 0 amide bonds. The molecular weight excluding hydrogens is 216 g/mol. The minimum atomic E-state index is -3.47. The van der Waals surface area contributed by atoms with E-state index in [1.165, 1.54) is 6.07 Å². The van der Waals surface area contributed by atoms with Crippen molar-refractivity contribution < 1.29 is 18.6 Å². The topological polar surface area (TPSA) is 74.6 Å². The van der Waals surface area contributed by atoms with Gasteiger partial charge in [-0.1, -0.05) is 12.1 Å². The molecule has 0 aromatic heterocycles. The third kappa shape index (κ3) is 2.94. The van der Waals surface area contributed by atoms with E-state index < -0.39 is 15.9 Å². The molecule has 0 aliphatic heterocycles. The van der Waals surface area contributed by atoms with Gasteiger partial charge in [0.2, 0.25) is 0 Å². The number of phenols is 1. The summed E-state index contributed by atoms with van der Waals surface area (Å²) in [4.78, 5) is -0.0918. The zero-order chi connectivity index (χ0) is 11.6. The first-order chi connectivity index (χ1) is 6.82. The normalized spacial score (nSPS) is 13.8. The van der Waals surface area contributed by atoms with Crippen molar-refractivity contribution in [2.24, 2.45) is 0 Å². The summed E-state index contributed by atoms with van der Waals surface area (Å²) >= 11 is 0. The zero-order valence-electron chi connectivity index (χ0n) is 8.64. The van der Waals surface area contributed by atoms with E-state index in [0.717, 1.165) is 6.26 Å². The van der Waals surface area contributed by atoms with Crippen LogP contribution in [0, 0.1) is 0 Å². The molecule has 1 atom stereocenters. The Morgan fingerprint density at radius 1 is 1.40 bits per heavy atom. The molecule has 84 valence electrons. The number of benzene rings is 1. The summed E-state index contributed by atoms with van der Waals surface area (Å²) in [6.07, 6.45) is 0.594. The summed E-state index contributed by atoms with van der Waals surface area (Å²) in [5.74, 6) is -0.268. The standard InChI is InChI=1S/C10H14O4S/c1-7(11)6-8-4-3-5-9(12)10(8)15(2,13)14/h3-5,7,11-12H,6H2,1-2H3. The minimum Gasteiger partial charge on any atom is -0.507 e. The Balaban J connectivity index is 3.34. The van der Waals surface area contributed by atoms with Crippen molar-refractivity contribution in [3.05, 3.63) is 23.8 Å². The molecule has 0 bridgehead atoms. The number of hydrogen-bond donors (Lipinski definition) is 2. The van der Waals surface area contributed by atoms with Crippen LogP contribution in [-0.2, 0) is 16.3 Å². The third-order valence-electron chi connectivity index (χ3n) is 1.96. The average Bonchev–Trinajstić information content (AvgIpc) is 1.99. The summed E-state index contributed by atoms with van der Waals surface area (Å²) in [6, 6.07) is 4.46. The zero-order valence-corrected chi connectivity index (χ0v) is 9.45. The first-order valence-electron chi connectivity index (χ1n) is 4.51. The van der Waals surface area contributed by atoms with Crippen LogP contribution < -0.4 is 0 Å². The predicted octanol–water partition coefficient (Wildman–Crippen LogP) is 0.719. The molecule has 0 saturated heterocycles. The molecule has 0 aliphatic carbocycles. The molecule has 0 aliphatic rings. The first kappa shape index (κ1) is 12.0. The molecule has 15 heavy (non-hydrogen) atoms. The molecule has 0 radical (unpaired) electrons. The van der Waals surface area contributed by atoms with Gasteiger partial charge in [-0.2, -0.15) is 0 Å². The fourth-order valence-electron chi connectivity index (χ4n) is 1.48. The number of aliphatic hydroxyl groups excluding tert-OH is 1.